The summed E-state index contributed by atoms with van der Waals surface area (Å²) in [6, 6.07) is 3.68. The van der Waals surface area contributed by atoms with Gasteiger partial charge in [0.1, 0.15) is 6.61 Å². The largest absolute Gasteiger partial charge is 0.445 e. The molecule has 0 bridgehead atoms. The van der Waals surface area contributed by atoms with Crippen molar-refractivity contribution in [3.05, 3.63) is 30.1 Å². The highest BCUT2D eigenvalue weighted by Crippen LogP contribution is 1.98. The Morgan fingerprint density at radius 2 is 2.47 bits per heavy atom. The average Bonchev–Trinajstić information content (AvgIpc) is 2.28. The van der Waals surface area contributed by atoms with E-state index in [1.165, 1.54) is 0 Å². The molecular formula is C11H16N2O2. The van der Waals surface area contributed by atoms with Crippen molar-refractivity contribution in [1.82, 2.24) is 10.3 Å². The minimum Gasteiger partial charge on any atom is -0.445 e. The van der Waals surface area contributed by atoms with Crippen molar-refractivity contribution in [2.45, 2.75) is 26.4 Å². The van der Waals surface area contributed by atoms with Gasteiger partial charge in [-0.1, -0.05) is 19.4 Å². The molecule has 0 fully saturated rings. The molecule has 1 amide bonds. The number of nitrogens with one attached hydrogen (secondary N) is 1. The Balaban J connectivity index is 2.17. The van der Waals surface area contributed by atoms with E-state index < -0.39 is 0 Å². The van der Waals surface area contributed by atoms with Crippen LogP contribution in [0.1, 0.15) is 25.3 Å². The van der Waals surface area contributed by atoms with Gasteiger partial charge < -0.3 is 10.1 Å². The van der Waals surface area contributed by atoms with E-state index in [-0.39, 0.29) is 12.7 Å². The van der Waals surface area contributed by atoms with Gasteiger partial charge in [0.05, 0.1) is 0 Å². The van der Waals surface area contributed by atoms with E-state index in [0.717, 1.165) is 18.4 Å². The van der Waals surface area contributed by atoms with Crippen LogP contribution < -0.4 is 5.32 Å². The Bertz CT molecular complexity index is 288. The van der Waals surface area contributed by atoms with E-state index in [4.69, 9.17) is 4.74 Å². The number of ether oxygens (including phenoxy) is 1. The van der Waals surface area contributed by atoms with Gasteiger partial charge in [-0.25, -0.2) is 4.79 Å². The third-order valence-electron chi connectivity index (χ3n) is 1.89. The Hall–Kier alpha value is -1.58. The normalized spacial score (nSPS) is 9.67. The summed E-state index contributed by atoms with van der Waals surface area (Å²) in [4.78, 5) is 15.1. The summed E-state index contributed by atoms with van der Waals surface area (Å²) in [5.74, 6) is 0. The third-order valence-corrected chi connectivity index (χ3v) is 1.89. The molecule has 0 aromatic carbocycles. The number of carbonyl (C=O) groups excluding carboxylic acids is 1. The summed E-state index contributed by atoms with van der Waals surface area (Å²) in [6.07, 6.45) is 5.03. The predicted molar refractivity (Wildman–Crippen MR) is 57.3 cm³/mol. The molecule has 0 aliphatic rings. The maximum Gasteiger partial charge on any atom is 0.407 e. The van der Waals surface area contributed by atoms with Gasteiger partial charge in [-0.2, -0.15) is 0 Å². The molecule has 1 aromatic rings. The highest BCUT2D eigenvalue weighted by Gasteiger charge is 2.00. The predicted octanol–water partition coefficient (Wildman–Crippen LogP) is 2.11. The zero-order valence-corrected chi connectivity index (χ0v) is 8.90. The lowest BCUT2D eigenvalue weighted by Crippen LogP contribution is -2.25. The second kappa shape index (κ2) is 6.81. The number of nitrogens with zero attached hydrogens (tertiary/aromatic N) is 1. The minimum absolute atomic E-state index is 0.270. The maximum absolute atomic E-state index is 11.1. The van der Waals surface area contributed by atoms with Gasteiger partial charge >= 0.3 is 6.09 Å². The molecular weight excluding hydrogens is 192 g/mol. The Kier molecular flexibility index (Phi) is 5.22. The molecule has 0 radical (unpaired) electrons. The first-order chi connectivity index (χ1) is 7.33. The van der Waals surface area contributed by atoms with Gasteiger partial charge in [-0.15, -0.1) is 0 Å². The van der Waals surface area contributed by atoms with E-state index in [9.17, 15) is 4.79 Å². The average molecular weight is 208 g/mol. The number of carbonyl (C=O) groups is 1. The van der Waals surface area contributed by atoms with Crippen molar-refractivity contribution in [2.24, 2.45) is 0 Å². The second-order valence-electron chi connectivity index (χ2n) is 3.22. The van der Waals surface area contributed by atoms with Crippen LogP contribution >= 0.6 is 0 Å². The van der Waals surface area contributed by atoms with E-state index in [1.54, 1.807) is 12.4 Å². The van der Waals surface area contributed by atoms with Crippen LogP contribution in [0.4, 0.5) is 4.79 Å². The molecule has 1 N–H and O–H groups in total. The van der Waals surface area contributed by atoms with Crippen molar-refractivity contribution in [1.29, 1.82) is 0 Å². The van der Waals surface area contributed by atoms with E-state index in [1.807, 2.05) is 12.1 Å². The summed E-state index contributed by atoms with van der Waals surface area (Å²) >= 11 is 0. The van der Waals surface area contributed by atoms with Crippen LogP contribution in [0.2, 0.25) is 0 Å². The molecule has 4 heteroatoms. The molecule has 1 heterocycles. The zero-order valence-electron chi connectivity index (χ0n) is 8.90. The molecule has 15 heavy (non-hydrogen) atoms. The lowest BCUT2D eigenvalue weighted by molar-refractivity contribution is 0.139. The van der Waals surface area contributed by atoms with E-state index in [2.05, 4.69) is 17.2 Å². The van der Waals surface area contributed by atoms with Crippen molar-refractivity contribution in [3.8, 4) is 0 Å². The van der Waals surface area contributed by atoms with Crippen LogP contribution in [0, 0.1) is 0 Å². The summed E-state index contributed by atoms with van der Waals surface area (Å²) in [5, 5.41) is 2.67. The number of rotatable bonds is 5. The fraction of sp³-hybridized carbons (Fsp3) is 0.455. The summed E-state index contributed by atoms with van der Waals surface area (Å²) < 4.78 is 4.98. The lowest BCUT2D eigenvalue weighted by Gasteiger charge is -2.05. The van der Waals surface area contributed by atoms with E-state index >= 15 is 0 Å². The van der Waals surface area contributed by atoms with Crippen molar-refractivity contribution in [3.63, 3.8) is 0 Å². The lowest BCUT2D eigenvalue weighted by atomic mass is 10.3. The molecule has 82 valence electrons. The first-order valence-corrected chi connectivity index (χ1v) is 5.12. The Labute approximate surface area is 89.7 Å². The van der Waals surface area contributed by atoms with Crippen LogP contribution in [0.15, 0.2) is 24.5 Å². The van der Waals surface area contributed by atoms with Crippen LogP contribution in [0.3, 0.4) is 0 Å². The molecule has 0 saturated heterocycles. The minimum atomic E-state index is -0.368. The van der Waals surface area contributed by atoms with Crippen molar-refractivity contribution in [2.75, 3.05) is 6.54 Å². The topological polar surface area (TPSA) is 51.2 Å². The van der Waals surface area contributed by atoms with Crippen LogP contribution in [-0.2, 0) is 11.3 Å². The highest BCUT2D eigenvalue weighted by molar-refractivity contribution is 5.67. The number of amides is 1. The molecule has 1 aromatic heterocycles. The summed E-state index contributed by atoms with van der Waals surface area (Å²) in [6.45, 7) is 3.01. The molecule has 0 saturated carbocycles. The van der Waals surface area contributed by atoms with Gasteiger partial charge in [-0.05, 0) is 12.5 Å². The monoisotopic (exact) mass is 208 g/mol. The molecule has 0 unspecified atom stereocenters. The van der Waals surface area contributed by atoms with Crippen LogP contribution in [0.5, 0.6) is 0 Å². The number of unbranched alkanes of at least 4 members (excludes halogenated alkanes) is 1. The Morgan fingerprint density at radius 1 is 1.60 bits per heavy atom. The molecule has 1 rings (SSSR count). The van der Waals surface area contributed by atoms with Crippen LogP contribution in [0.25, 0.3) is 0 Å². The van der Waals surface area contributed by atoms with Crippen molar-refractivity contribution < 1.29 is 9.53 Å². The second-order valence-corrected chi connectivity index (χ2v) is 3.22. The quantitative estimate of drug-likeness (QED) is 0.754. The summed E-state index contributed by atoms with van der Waals surface area (Å²) in [7, 11) is 0. The molecule has 4 nitrogen and oxygen atoms in total. The maximum atomic E-state index is 11.1. The van der Waals surface area contributed by atoms with Crippen molar-refractivity contribution >= 4 is 6.09 Å². The molecule has 0 aliphatic carbocycles. The van der Waals surface area contributed by atoms with Gasteiger partial charge in [-0.3, -0.25) is 4.98 Å². The Morgan fingerprint density at radius 3 is 3.13 bits per heavy atom. The number of alkyl carbamates (subject to hydrolysis) is 1. The first kappa shape index (κ1) is 11.5. The standard InChI is InChI=1S/C11H16N2O2/c1-2-3-7-13-11(14)15-9-10-5-4-6-12-8-10/h4-6,8H,2-3,7,9H2,1H3,(H,13,14). The number of hydrogen-bond acceptors (Lipinski definition) is 3. The van der Waals surface area contributed by atoms with Gasteiger partial charge in [0.2, 0.25) is 0 Å². The number of hydrogen-bond donors (Lipinski definition) is 1. The van der Waals surface area contributed by atoms with Gasteiger partial charge in [0.15, 0.2) is 0 Å². The zero-order chi connectivity index (χ0) is 10.9. The fourth-order valence-corrected chi connectivity index (χ4v) is 1.05. The smallest absolute Gasteiger partial charge is 0.407 e. The highest BCUT2D eigenvalue weighted by atomic mass is 16.5. The van der Waals surface area contributed by atoms with E-state index in [0.29, 0.717) is 6.54 Å². The SMILES string of the molecule is CCCCNC(=O)OCc1cccnc1. The van der Waals surface area contributed by atoms with Gasteiger partial charge in [0, 0.05) is 24.5 Å². The molecule has 0 aliphatic heterocycles. The third kappa shape index (κ3) is 5.00. The number of aromatic nitrogens is 1. The van der Waals surface area contributed by atoms with Gasteiger partial charge in [0.25, 0.3) is 0 Å². The number of pyridine rings is 1. The van der Waals surface area contributed by atoms with Crippen LogP contribution in [-0.4, -0.2) is 17.6 Å². The molecule has 0 spiro atoms. The summed E-state index contributed by atoms with van der Waals surface area (Å²) in [5.41, 5.74) is 0.892. The fourth-order valence-electron chi connectivity index (χ4n) is 1.05. The molecule has 0 atom stereocenters. The first-order valence-electron chi connectivity index (χ1n) is 5.12.